The number of hydrogen-bond acceptors (Lipinski definition) is 6. The maximum Gasteiger partial charge on any atom is 0.192 e. The predicted octanol–water partition coefficient (Wildman–Crippen LogP) is 1.84. The number of aliphatic carboxylic acids is 1. The highest BCUT2D eigenvalue weighted by Crippen LogP contribution is 2.26. The fraction of sp³-hybridized carbons (Fsp3) is 0.167. The number of rotatable bonds is 7. The van der Waals surface area contributed by atoms with E-state index in [-0.39, 0.29) is 5.75 Å². The molecule has 0 aliphatic carbocycles. The van der Waals surface area contributed by atoms with E-state index in [9.17, 15) is 9.90 Å². The van der Waals surface area contributed by atoms with Gasteiger partial charge in [0.1, 0.15) is 5.75 Å². The molecular formula is C18H16N3O3S-. The molecule has 0 bridgehead atoms. The summed E-state index contributed by atoms with van der Waals surface area (Å²) >= 11 is 1.10. The monoisotopic (exact) mass is 354 g/mol. The van der Waals surface area contributed by atoms with Crippen molar-refractivity contribution in [3.8, 4) is 17.1 Å². The molecule has 6 nitrogen and oxygen atoms in total. The maximum absolute atomic E-state index is 10.8. The Morgan fingerprint density at radius 3 is 2.48 bits per heavy atom. The zero-order valence-corrected chi connectivity index (χ0v) is 14.4. The fourth-order valence-corrected chi connectivity index (χ4v) is 3.03. The number of nitrogens with zero attached hydrogens (tertiary/aromatic N) is 3. The third kappa shape index (κ3) is 4.19. The van der Waals surface area contributed by atoms with Crippen LogP contribution in [-0.4, -0.2) is 33.6 Å². The minimum atomic E-state index is -1.13. The molecule has 2 aromatic carbocycles. The van der Waals surface area contributed by atoms with Crippen molar-refractivity contribution in [2.24, 2.45) is 0 Å². The van der Waals surface area contributed by atoms with Crippen LogP contribution in [0.5, 0.6) is 5.75 Å². The molecule has 0 radical (unpaired) electrons. The van der Waals surface area contributed by atoms with Crippen LogP contribution in [0.1, 0.15) is 5.56 Å². The molecule has 0 amide bonds. The van der Waals surface area contributed by atoms with E-state index < -0.39 is 5.97 Å². The molecule has 25 heavy (non-hydrogen) atoms. The number of hydrogen-bond donors (Lipinski definition) is 0. The molecule has 1 heterocycles. The zero-order chi connectivity index (χ0) is 17.6. The molecule has 0 unspecified atom stereocenters. The van der Waals surface area contributed by atoms with Crippen molar-refractivity contribution in [3.63, 3.8) is 0 Å². The largest absolute Gasteiger partial charge is 0.549 e. The number of benzene rings is 2. The van der Waals surface area contributed by atoms with Gasteiger partial charge in [0.15, 0.2) is 11.0 Å². The lowest BCUT2D eigenvalue weighted by Crippen LogP contribution is -2.24. The Labute approximate surface area is 149 Å². The number of ether oxygens (including phenoxy) is 1. The Morgan fingerprint density at radius 2 is 1.84 bits per heavy atom. The van der Waals surface area contributed by atoms with Gasteiger partial charge in [0.05, 0.1) is 19.6 Å². The van der Waals surface area contributed by atoms with Crippen LogP contribution >= 0.6 is 11.8 Å². The summed E-state index contributed by atoms with van der Waals surface area (Å²) < 4.78 is 7.09. The lowest BCUT2D eigenvalue weighted by molar-refractivity contribution is -0.301. The van der Waals surface area contributed by atoms with Crippen LogP contribution in [0.4, 0.5) is 0 Å². The van der Waals surface area contributed by atoms with Gasteiger partial charge in [0.2, 0.25) is 0 Å². The maximum atomic E-state index is 10.8. The average Bonchev–Trinajstić information content (AvgIpc) is 3.03. The Balaban J connectivity index is 1.97. The number of aromatic nitrogens is 3. The summed E-state index contributed by atoms with van der Waals surface area (Å²) in [7, 11) is 1.61. The van der Waals surface area contributed by atoms with Gasteiger partial charge in [0, 0.05) is 11.3 Å². The SMILES string of the molecule is COc1ccc(-c2nnc(SCC(=O)[O-])n2Cc2ccccc2)cc1. The van der Waals surface area contributed by atoms with Gasteiger partial charge in [-0.2, -0.15) is 0 Å². The quantitative estimate of drug-likeness (QED) is 0.603. The molecule has 0 aliphatic heterocycles. The normalized spacial score (nSPS) is 10.6. The van der Waals surface area contributed by atoms with Crippen molar-refractivity contribution in [3.05, 3.63) is 60.2 Å². The van der Waals surface area contributed by atoms with Crippen molar-refractivity contribution in [1.29, 1.82) is 0 Å². The van der Waals surface area contributed by atoms with Crippen LogP contribution in [0.15, 0.2) is 59.8 Å². The second-order valence-electron chi connectivity index (χ2n) is 5.27. The molecule has 0 fully saturated rings. The number of carboxylic acid groups (broad SMARTS) is 1. The number of thioether (sulfide) groups is 1. The minimum Gasteiger partial charge on any atom is -0.549 e. The first-order valence-corrected chi connectivity index (χ1v) is 8.60. The van der Waals surface area contributed by atoms with Crippen LogP contribution in [0.2, 0.25) is 0 Å². The number of carbonyl (C=O) groups is 1. The molecule has 0 atom stereocenters. The number of carbonyl (C=O) groups excluding carboxylic acids is 1. The molecule has 7 heteroatoms. The van der Waals surface area contributed by atoms with E-state index in [4.69, 9.17) is 4.74 Å². The standard InChI is InChI=1S/C18H17N3O3S/c1-24-15-9-7-14(8-10-15)17-19-20-18(25-12-16(22)23)21(17)11-13-5-3-2-4-6-13/h2-10H,11-12H2,1H3,(H,22,23)/p-1. The van der Waals surface area contributed by atoms with Crippen molar-refractivity contribution in [1.82, 2.24) is 14.8 Å². The van der Waals surface area contributed by atoms with Crippen molar-refractivity contribution in [2.75, 3.05) is 12.9 Å². The summed E-state index contributed by atoms with van der Waals surface area (Å²) in [5.74, 6) is 0.122. The summed E-state index contributed by atoms with van der Waals surface area (Å²) in [6.45, 7) is 0.546. The Kier molecular flexibility index (Phi) is 5.35. The van der Waals surface area contributed by atoms with Gasteiger partial charge in [-0.15, -0.1) is 10.2 Å². The number of carboxylic acids is 1. The van der Waals surface area contributed by atoms with E-state index in [1.165, 1.54) is 0 Å². The van der Waals surface area contributed by atoms with E-state index in [0.717, 1.165) is 28.6 Å². The van der Waals surface area contributed by atoms with Crippen LogP contribution in [0.25, 0.3) is 11.4 Å². The Bertz CT molecular complexity index is 848. The van der Waals surface area contributed by atoms with Gasteiger partial charge >= 0.3 is 0 Å². The molecule has 0 saturated heterocycles. The van der Waals surface area contributed by atoms with E-state index in [0.29, 0.717) is 17.5 Å². The molecule has 3 aromatic rings. The van der Waals surface area contributed by atoms with Crippen LogP contribution in [0.3, 0.4) is 0 Å². The van der Waals surface area contributed by atoms with Crippen LogP contribution in [-0.2, 0) is 11.3 Å². The average molecular weight is 354 g/mol. The Hall–Kier alpha value is -2.80. The second-order valence-corrected chi connectivity index (χ2v) is 6.21. The van der Waals surface area contributed by atoms with E-state index in [1.807, 2.05) is 59.2 Å². The molecule has 0 saturated carbocycles. The topological polar surface area (TPSA) is 80.1 Å². The lowest BCUT2D eigenvalue weighted by atomic mass is 10.2. The molecule has 0 N–H and O–H groups in total. The summed E-state index contributed by atoms with van der Waals surface area (Å²) in [6, 6.07) is 17.4. The van der Waals surface area contributed by atoms with Gasteiger partial charge < -0.3 is 14.6 Å². The van der Waals surface area contributed by atoms with Gasteiger partial charge in [-0.05, 0) is 29.8 Å². The summed E-state index contributed by atoms with van der Waals surface area (Å²) in [6.07, 6.45) is 0. The highest BCUT2D eigenvalue weighted by atomic mass is 32.2. The summed E-state index contributed by atoms with van der Waals surface area (Å²) in [5, 5.41) is 19.7. The highest BCUT2D eigenvalue weighted by Gasteiger charge is 2.15. The third-order valence-electron chi connectivity index (χ3n) is 3.57. The zero-order valence-electron chi connectivity index (χ0n) is 13.6. The van der Waals surface area contributed by atoms with Gasteiger partial charge in [0.25, 0.3) is 0 Å². The van der Waals surface area contributed by atoms with Gasteiger partial charge in [-0.3, -0.25) is 4.57 Å². The van der Waals surface area contributed by atoms with E-state index >= 15 is 0 Å². The van der Waals surface area contributed by atoms with E-state index in [2.05, 4.69) is 10.2 Å². The van der Waals surface area contributed by atoms with Crippen molar-refractivity contribution in [2.45, 2.75) is 11.7 Å². The minimum absolute atomic E-state index is 0.171. The predicted molar refractivity (Wildman–Crippen MR) is 93.3 cm³/mol. The van der Waals surface area contributed by atoms with Crippen LogP contribution in [0, 0.1) is 0 Å². The van der Waals surface area contributed by atoms with Crippen LogP contribution < -0.4 is 9.84 Å². The smallest absolute Gasteiger partial charge is 0.192 e. The fourth-order valence-electron chi connectivity index (χ4n) is 2.38. The highest BCUT2D eigenvalue weighted by molar-refractivity contribution is 7.99. The molecule has 128 valence electrons. The molecule has 1 aromatic heterocycles. The lowest BCUT2D eigenvalue weighted by Gasteiger charge is -2.11. The third-order valence-corrected chi connectivity index (χ3v) is 4.51. The molecule has 0 spiro atoms. The first-order valence-electron chi connectivity index (χ1n) is 7.61. The first kappa shape index (κ1) is 17.0. The van der Waals surface area contributed by atoms with Crippen molar-refractivity contribution < 1.29 is 14.6 Å². The summed E-state index contributed by atoms with van der Waals surface area (Å²) in [5.41, 5.74) is 1.96. The van der Waals surface area contributed by atoms with Gasteiger partial charge in [-0.25, -0.2) is 0 Å². The summed E-state index contributed by atoms with van der Waals surface area (Å²) in [4.78, 5) is 10.8. The molecule has 0 aliphatic rings. The van der Waals surface area contributed by atoms with E-state index in [1.54, 1.807) is 7.11 Å². The second kappa shape index (κ2) is 7.85. The Morgan fingerprint density at radius 1 is 1.12 bits per heavy atom. The first-order chi connectivity index (χ1) is 12.2. The van der Waals surface area contributed by atoms with Gasteiger partial charge in [-0.1, -0.05) is 42.1 Å². The molecular weight excluding hydrogens is 338 g/mol. The number of methoxy groups -OCH3 is 1. The van der Waals surface area contributed by atoms with Crippen molar-refractivity contribution >= 4 is 17.7 Å². The molecule has 3 rings (SSSR count).